The molecular formula is C15H27NO3. The fraction of sp³-hybridized carbons (Fsp3) is 0.867. The number of nitrogens with zero attached hydrogens (tertiary/aromatic N) is 1. The molecule has 1 fully saturated rings. The molecule has 0 spiro atoms. The fourth-order valence-corrected chi connectivity index (χ4v) is 2.69. The lowest BCUT2D eigenvalue weighted by atomic mass is 9.79. The van der Waals surface area contributed by atoms with Crippen LogP contribution in [0.5, 0.6) is 0 Å². The molecule has 1 aliphatic carbocycles. The Hall–Kier alpha value is -1.06. The minimum Gasteiger partial charge on any atom is -0.462 e. The van der Waals surface area contributed by atoms with Crippen molar-refractivity contribution in [3.8, 4) is 0 Å². The van der Waals surface area contributed by atoms with Crippen molar-refractivity contribution >= 4 is 11.9 Å². The molecule has 0 bridgehead atoms. The molecule has 2 unspecified atom stereocenters. The smallest absolute Gasteiger partial charge is 0.306 e. The maximum atomic E-state index is 11.8. The molecule has 4 nitrogen and oxygen atoms in total. The van der Waals surface area contributed by atoms with E-state index >= 15 is 0 Å². The number of carbonyl (C=O) groups excluding carboxylic acids is 2. The summed E-state index contributed by atoms with van der Waals surface area (Å²) in [4.78, 5) is 24.7. The zero-order valence-electron chi connectivity index (χ0n) is 12.6. The highest BCUT2D eigenvalue weighted by molar-refractivity contribution is 5.81. The van der Waals surface area contributed by atoms with E-state index in [-0.39, 0.29) is 30.8 Å². The zero-order valence-corrected chi connectivity index (χ0v) is 12.6. The van der Waals surface area contributed by atoms with E-state index in [1.165, 1.54) is 11.3 Å². The molecule has 0 radical (unpaired) electrons. The minimum atomic E-state index is -0.229. The Morgan fingerprint density at radius 3 is 2.37 bits per heavy atom. The third-order valence-corrected chi connectivity index (χ3v) is 3.93. The van der Waals surface area contributed by atoms with Gasteiger partial charge in [0, 0.05) is 20.5 Å². The Morgan fingerprint density at radius 2 is 1.79 bits per heavy atom. The molecule has 0 aromatic carbocycles. The Kier molecular flexibility index (Phi) is 6.32. The van der Waals surface area contributed by atoms with Gasteiger partial charge in [-0.25, -0.2) is 0 Å². The number of carbonyl (C=O) groups is 2. The lowest BCUT2D eigenvalue weighted by Crippen LogP contribution is -2.33. The second-order valence-corrected chi connectivity index (χ2v) is 6.01. The van der Waals surface area contributed by atoms with Crippen LogP contribution in [0.25, 0.3) is 0 Å². The van der Waals surface area contributed by atoms with Crippen LogP contribution in [0.2, 0.25) is 0 Å². The van der Waals surface area contributed by atoms with Gasteiger partial charge in [0.25, 0.3) is 0 Å². The molecule has 0 saturated heterocycles. The SMILES string of the molecule is CC(C)C1CCCCC1OC(=O)CCC(=O)N(C)C. The van der Waals surface area contributed by atoms with Crippen molar-refractivity contribution in [2.75, 3.05) is 14.1 Å². The number of rotatable bonds is 5. The summed E-state index contributed by atoms with van der Waals surface area (Å²) < 4.78 is 5.59. The molecule has 1 saturated carbocycles. The molecule has 1 rings (SSSR count). The van der Waals surface area contributed by atoms with Gasteiger partial charge in [0.05, 0.1) is 6.42 Å². The average Bonchev–Trinajstić information content (AvgIpc) is 2.36. The van der Waals surface area contributed by atoms with Crippen LogP contribution in [0.15, 0.2) is 0 Å². The molecule has 110 valence electrons. The summed E-state index contributed by atoms with van der Waals surface area (Å²) in [7, 11) is 3.40. The van der Waals surface area contributed by atoms with Gasteiger partial charge in [-0.3, -0.25) is 9.59 Å². The molecule has 0 aliphatic heterocycles. The summed E-state index contributed by atoms with van der Waals surface area (Å²) in [6, 6.07) is 0. The van der Waals surface area contributed by atoms with Crippen LogP contribution in [0.1, 0.15) is 52.4 Å². The van der Waals surface area contributed by atoms with Crippen LogP contribution in [0.3, 0.4) is 0 Å². The molecule has 1 amide bonds. The van der Waals surface area contributed by atoms with Crippen LogP contribution in [0, 0.1) is 11.8 Å². The molecule has 1 aliphatic rings. The van der Waals surface area contributed by atoms with E-state index in [1.54, 1.807) is 14.1 Å². The number of ether oxygens (including phenoxy) is 1. The summed E-state index contributed by atoms with van der Waals surface area (Å²) in [6.07, 6.45) is 4.97. The third kappa shape index (κ3) is 5.21. The monoisotopic (exact) mass is 269 g/mol. The highest BCUT2D eigenvalue weighted by Gasteiger charge is 2.30. The third-order valence-electron chi connectivity index (χ3n) is 3.93. The molecule has 0 aromatic rings. The van der Waals surface area contributed by atoms with E-state index in [1.807, 2.05) is 0 Å². The lowest BCUT2D eigenvalue weighted by molar-refractivity contribution is -0.156. The topological polar surface area (TPSA) is 46.6 Å². The van der Waals surface area contributed by atoms with Crippen molar-refractivity contribution in [3.05, 3.63) is 0 Å². The molecule has 0 heterocycles. The number of hydrogen-bond acceptors (Lipinski definition) is 3. The summed E-state index contributed by atoms with van der Waals surface area (Å²) >= 11 is 0. The number of hydrogen-bond donors (Lipinski definition) is 0. The summed E-state index contributed by atoms with van der Waals surface area (Å²) in [5, 5.41) is 0. The van der Waals surface area contributed by atoms with Crippen LogP contribution in [-0.4, -0.2) is 37.0 Å². The summed E-state index contributed by atoms with van der Waals surface area (Å²) in [5.74, 6) is 0.762. The molecule has 0 aromatic heterocycles. The zero-order chi connectivity index (χ0) is 14.4. The van der Waals surface area contributed by atoms with Gasteiger partial charge in [0.15, 0.2) is 0 Å². The first-order chi connectivity index (χ1) is 8.91. The van der Waals surface area contributed by atoms with E-state index in [2.05, 4.69) is 13.8 Å². The van der Waals surface area contributed by atoms with E-state index in [0.29, 0.717) is 11.8 Å². The second-order valence-electron chi connectivity index (χ2n) is 6.01. The van der Waals surface area contributed by atoms with Crippen molar-refractivity contribution < 1.29 is 14.3 Å². The minimum absolute atomic E-state index is 0.0268. The Bertz CT molecular complexity index is 313. The molecule has 19 heavy (non-hydrogen) atoms. The van der Waals surface area contributed by atoms with Gasteiger partial charge in [-0.2, -0.15) is 0 Å². The van der Waals surface area contributed by atoms with E-state index < -0.39 is 0 Å². The van der Waals surface area contributed by atoms with Gasteiger partial charge in [0.1, 0.15) is 6.10 Å². The van der Waals surface area contributed by atoms with E-state index in [0.717, 1.165) is 19.3 Å². The predicted octanol–water partition coefficient (Wildman–Crippen LogP) is 2.61. The van der Waals surface area contributed by atoms with Gasteiger partial charge in [-0.05, 0) is 31.1 Å². The Morgan fingerprint density at radius 1 is 1.16 bits per heavy atom. The van der Waals surface area contributed by atoms with E-state index in [9.17, 15) is 9.59 Å². The molecule has 0 N–H and O–H groups in total. The van der Waals surface area contributed by atoms with Gasteiger partial charge < -0.3 is 9.64 Å². The van der Waals surface area contributed by atoms with Gasteiger partial charge in [-0.15, -0.1) is 0 Å². The second kappa shape index (κ2) is 7.51. The summed E-state index contributed by atoms with van der Waals surface area (Å²) in [5.41, 5.74) is 0. The standard InChI is InChI=1S/C15H27NO3/c1-11(2)12-7-5-6-8-13(12)19-15(18)10-9-14(17)16(3)4/h11-13H,5-10H2,1-4H3. The van der Waals surface area contributed by atoms with Gasteiger partial charge in [-0.1, -0.05) is 20.3 Å². The van der Waals surface area contributed by atoms with Crippen LogP contribution in [-0.2, 0) is 14.3 Å². The van der Waals surface area contributed by atoms with Crippen molar-refractivity contribution in [1.82, 2.24) is 4.90 Å². The van der Waals surface area contributed by atoms with Crippen molar-refractivity contribution in [3.63, 3.8) is 0 Å². The molecular weight excluding hydrogens is 242 g/mol. The van der Waals surface area contributed by atoms with Gasteiger partial charge in [0.2, 0.25) is 5.91 Å². The predicted molar refractivity (Wildman–Crippen MR) is 74.6 cm³/mol. The fourth-order valence-electron chi connectivity index (χ4n) is 2.69. The van der Waals surface area contributed by atoms with Crippen molar-refractivity contribution in [2.24, 2.45) is 11.8 Å². The first-order valence-corrected chi connectivity index (χ1v) is 7.31. The highest BCUT2D eigenvalue weighted by Crippen LogP contribution is 2.32. The average molecular weight is 269 g/mol. The van der Waals surface area contributed by atoms with Crippen LogP contribution in [0.4, 0.5) is 0 Å². The Balaban J connectivity index is 2.39. The number of amides is 1. The number of esters is 1. The quantitative estimate of drug-likeness (QED) is 0.721. The highest BCUT2D eigenvalue weighted by atomic mass is 16.5. The van der Waals surface area contributed by atoms with Crippen LogP contribution < -0.4 is 0 Å². The Labute approximate surface area is 116 Å². The normalized spacial score (nSPS) is 23.2. The molecule has 2 atom stereocenters. The molecule has 4 heteroatoms. The lowest BCUT2D eigenvalue weighted by Gasteiger charge is -2.33. The van der Waals surface area contributed by atoms with Gasteiger partial charge >= 0.3 is 5.97 Å². The first kappa shape index (κ1) is 16.0. The van der Waals surface area contributed by atoms with Crippen molar-refractivity contribution in [2.45, 2.75) is 58.5 Å². The summed E-state index contributed by atoms with van der Waals surface area (Å²) in [6.45, 7) is 4.37. The first-order valence-electron chi connectivity index (χ1n) is 7.31. The van der Waals surface area contributed by atoms with E-state index in [4.69, 9.17) is 4.74 Å². The van der Waals surface area contributed by atoms with Crippen LogP contribution >= 0.6 is 0 Å². The maximum absolute atomic E-state index is 11.8. The largest absolute Gasteiger partial charge is 0.462 e. The van der Waals surface area contributed by atoms with Crippen molar-refractivity contribution in [1.29, 1.82) is 0 Å². The maximum Gasteiger partial charge on any atom is 0.306 e.